The Labute approximate surface area is 185 Å². The molecule has 4 rings (SSSR count). The Hall–Kier alpha value is -3.11. The molecule has 2 aromatic carbocycles. The van der Waals surface area contributed by atoms with Gasteiger partial charge in [0, 0.05) is 13.0 Å². The van der Waals surface area contributed by atoms with Gasteiger partial charge in [-0.3, -0.25) is 4.79 Å². The molecular formula is C22H23FN4O4S. The number of sulfonamides is 1. The molecule has 1 amide bonds. The molecule has 1 aliphatic heterocycles. The van der Waals surface area contributed by atoms with Crippen molar-refractivity contribution >= 4 is 15.9 Å². The Balaban J connectivity index is 1.52. The van der Waals surface area contributed by atoms with Gasteiger partial charge in [0.25, 0.3) is 0 Å². The van der Waals surface area contributed by atoms with Crippen LogP contribution in [0.25, 0.3) is 0 Å². The van der Waals surface area contributed by atoms with Crippen molar-refractivity contribution in [3.8, 4) is 0 Å². The van der Waals surface area contributed by atoms with Crippen molar-refractivity contribution in [1.29, 1.82) is 0 Å². The molecule has 0 aliphatic carbocycles. The minimum absolute atomic E-state index is 0.0865. The van der Waals surface area contributed by atoms with Crippen LogP contribution in [0.2, 0.25) is 0 Å². The molecule has 8 nitrogen and oxygen atoms in total. The lowest BCUT2D eigenvalue weighted by Crippen LogP contribution is -2.33. The van der Waals surface area contributed by atoms with Crippen LogP contribution >= 0.6 is 0 Å². The zero-order chi connectivity index (χ0) is 22.7. The fourth-order valence-corrected chi connectivity index (χ4v) is 5.48. The minimum atomic E-state index is -4.03. The summed E-state index contributed by atoms with van der Waals surface area (Å²) < 4.78 is 46.2. The van der Waals surface area contributed by atoms with Gasteiger partial charge in [-0.1, -0.05) is 35.5 Å². The molecule has 0 bridgehead atoms. The molecule has 0 radical (unpaired) electrons. The second-order valence-electron chi connectivity index (χ2n) is 7.77. The third-order valence-corrected chi connectivity index (χ3v) is 7.44. The van der Waals surface area contributed by atoms with Gasteiger partial charge in [0.05, 0.1) is 10.8 Å². The molecule has 1 saturated heterocycles. The standard InChI is InChI=1S/C22H23FN4O4S/c23-17-9-11-18(12-10-17)32(29,30)27-14-16(21(24)28)13-19(27)22-25-20(26-31-22)8-4-7-15-5-2-1-3-6-15/h1-3,5-6,9-12,16,19H,4,7-8,13-14H2,(H2,24,28)/t16-,19?/m0/s1. The smallest absolute Gasteiger partial charge is 0.245 e. The Morgan fingerprint density at radius 3 is 2.53 bits per heavy atom. The van der Waals surface area contributed by atoms with Gasteiger partial charge in [0.15, 0.2) is 5.82 Å². The van der Waals surface area contributed by atoms with Crippen molar-refractivity contribution in [3.63, 3.8) is 0 Å². The van der Waals surface area contributed by atoms with E-state index in [1.165, 1.54) is 17.7 Å². The van der Waals surface area contributed by atoms with E-state index in [-0.39, 0.29) is 23.8 Å². The molecule has 3 aromatic rings. The van der Waals surface area contributed by atoms with Crippen LogP contribution in [0.15, 0.2) is 64.0 Å². The number of carbonyl (C=O) groups excluding carboxylic acids is 1. The number of nitrogens with two attached hydrogens (primary N) is 1. The van der Waals surface area contributed by atoms with Gasteiger partial charge in [0.1, 0.15) is 11.9 Å². The molecule has 1 aliphatic rings. The predicted octanol–water partition coefficient (Wildman–Crippen LogP) is 2.62. The number of hydrogen-bond donors (Lipinski definition) is 1. The minimum Gasteiger partial charge on any atom is -0.369 e. The summed E-state index contributed by atoms with van der Waals surface area (Å²) in [5.74, 6) is -1.25. The van der Waals surface area contributed by atoms with E-state index in [2.05, 4.69) is 10.1 Å². The van der Waals surface area contributed by atoms with E-state index in [4.69, 9.17) is 10.3 Å². The van der Waals surface area contributed by atoms with E-state index >= 15 is 0 Å². The average molecular weight is 459 g/mol. The lowest BCUT2D eigenvalue weighted by Gasteiger charge is -2.21. The Kier molecular flexibility index (Phi) is 6.33. The van der Waals surface area contributed by atoms with Gasteiger partial charge in [-0.05, 0) is 49.1 Å². The predicted molar refractivity (Wildman–Crippen MR) is 113 cm³/mol. The van der Waals surface area contributed by atoms with Gasteiger partial charge in [-0.25, -0.2) is 12.8 Å². The Morgan fingerprint density at radius 2 is 1.84 bits per heavy atom. The lowest BCUT2D eigenvalue weighted by atomic mass is 10.1. The van der Waals surface area contributed by atoms with Crippen molar-refractivity contribution in [1.82, 2.24) is 14.4 Å². The van der Waals surface area contributed by atoms with Crippen molar-refractivity contribution in [2.75, 3.05) is 6.54 Å². The largest absolute Gasteiger partial charge is 0.369 e. The number of aryl methyl sites for hydroxylation is 2. The number of amides is 1. The number of primary amides is 1. The summed E-state index contributed by atoms with van der Waals surface area (Å²) in [7, 11) is -4.03. The fraction of sp³-hybridized carbons (Fsp3) is 0.318. The average Bonchev–Trinajstić information content (AvgIpc) is 3.42. The number of aromatic nitrogens is 2. The van der Waals surface area contributed by atoms with Crippen LogP contribution in [0.1, 0.15) is 36.2 Å². The van der Waals surface area contributed by atoms with E-state index in [1.54, 1.807) is 0 Å². The zero-order valence-corrected chi connectivity index (χ0v) is 18.0. The van der Waals surface area contributed by atoms with E-state index in [1.807, 2.05) is 30.3 Å². The van der Waals surface area contributed by atoms with Crippen LogP contribution in [0.3, 0.4) is 0 Å². The molecule has 1 aromatic heterocycles. The highest BCUT2D eigenvalue weighted by Crippen LogP contribution is 2.38. The van der Waals surface area contributed by atoms with Crippen molar-refractivity contribution in [2.24, 2.45) is 11.7 Å². The van der Waals surface area contributed by atoms with Gasteiger partial charge in [-0.2, -0.15) is 9.29 Å². The summed E-state index contributed by atoms with van der Waals surface area (Å²) >= 11 is 0. The molecule has 10 heteroatoms. The first-order chi connectivity index (χ1) is 15.3. The number of benzene rings is 2. The topological polar surface area (TPSA) is 119 Å². The quantitative estimate of drug-likeness (QED) is 0.554. The fourth-order valence-electron chi connectivity index (χ4n) is 3.84. The molecule has 168 valence electrons. The molecule has 1 fully saturated rings. The normalized spacial score (nSPS) is 19.3. The summed E-state index contributed by atoms with van der Waals surface area (Å²) in [5.41, 5.74) is 6.65. The van der Waals surface area contributed by atoms with Crippen LogP contribution in [0, 0.1) is 11.7 Å². The number of rotatable bonds is 8. The lowest BCUT2D eigenvalue weighted by molar-refractivity contribution is -0.121. The number of nitrogens with zero attached hydrogens (tertiary/aromatic N) is 3. The molecular weight excluding hydrogens is 435 g/mol. The number of halogens is 1. The summed E-state index contributed by atoms with van der Waals surface area (Å²) in [5, 5.41) is 3.99. The summed E-state index contributed by atoms with van der Waals surface area (Å²) in [4.78, 5) is 16.1. The number of carbonyl (C=O) groups is 1. The zero-order valence-electron chi connectivity index (χ0n) is 17.2. The third kappa shape index (κ3) is 4.71. The highest BCUT2D eigenvalue weighted by Gasteiger charge is 2.45. The molecule has 32 heavy (non-hydrogen) atoms. The van der Waals surface area contributed by atoms with Gasteiger partial charge < -0.3 is 10.3 Å². The highest BCUT2D eigenvalue weighted by atomic mass is 32.2. The van der Waals surface area contributed by atoms with Crippen LogP contribution in [0.5, 0.6) is 0 Å². The highest BCUT2D eigenvalue weighted by molar-refractivity contribution is 7.89. The monoisotopic (exact) mass is 458 g/mol. The first kappa shape index (κ1) is 22.1. The summed E-state index contributed by atoms with van der Waals surface area (Å²) in [6, 6.07) is 13.7. The maximum absolute atomic E-state index is 13.3. The maximum atomic E-state index is 13.3. The third-order valence-electron chi connectivity index (χ3n) is 5.56. The second-order valence-corrected chi connectivity index (χ2v) is 9.66. The van der Waals surface area contributed by atoms with Crippen LogP contribution < -0.4 is 5.73 Å². The van der Waals surface area contributed by atoms with Gasteiger partial charge in [0.2, 0.25) is 21.8 Å². The second kappa shape index (κ2) is 9.17. The van der Waals surface area contributed by atoms with Crippen molar-refractivity contribution in [2.45, 2.75) is 36.6 Å². The molecule has 1 unspecified atom stereocenters. The molecule has 2 heterocycles. The molecule has 0 saturated carbocycles. The van der Waals surface area contributed by atoms with E-state index in [0.717, 1.165) is 29.3 Å². The summed E-state index contributed by atoms with van der Waals surface area (Å²) in [6.07, 6.45) is 2.36. The molecule has 0 spiro atoms. The van der Waals surface area contributed by atoms with Crippen molar-refractivity contribution in [3.05, 3.63) is 77.7 Å². The molecule has 2 N–H and O–H groups in total. The van der Waals surface area contributed by atoms with E-state index < -0.39 is 33.7 Å². The first-order valence-corrected chi connectivity index (χ1v) is 11.7. The first-order valence-electron chi connectivity index (χ1n) is 10.3. The summed E-state index contributed by atoms with van der Waals surface area (Å²) in [6.45, 7) is -0.106. The Morgan fingerprint density at radius 1 is 1.12 bits per heavy atom. The maximum Gasteiger partial charge on any atom is 0.245 e. The number of hydrogen-bond acceptors (Lipinski definition) is 6. The SMILES string of the molecule is NC(=O)[C@H]1CC(c2nc(CCCc3ccccc3)no2)N(S(=O)(=O)c2ccc(F)cc2)C1. The van der Waals surface area contributed by atoms with Crippen LogP contribution in [0.4, 0.5) is 4.39 Å². The van der Waals surface area contributed by atoms with Crippen LogP contribution in [-0.4, -0.2) is 35.3 Å². The van der Waals surface area contributed by atoms with Crippen molar-refractivity contribution < 1.29 is 22.1 Å². The van der Waals surface area contributed by atoms with E-state index in [0.29, 0.717) is 12.2 Å². The Bertz CT molecular complexity index is 1180. The molecule has 2 atom stereocenters. The van der Waals surface area contributed by atoms with E-state index in [9.17, 15) is 17.6 Å². The van der Waals surface area contributed by atoms with Gasteiger partial charge in [-0.15, -0.1) is 0 Å². The van der Waals surface area contributed by atoms with Crippen LogP contribution in [-0.2, 0) is 27.7 Å². The van der Waals surface area contributed by atoms with Gasteiger partial charge >= 0.3 is 0 Å².